The first-order valence-corrected chi connectivity index (χ1v) is 3.80. The first kappa shape index (κ1) is 8.05. The second-order valence-corrected chi connectivity index (χ2v) is 2.54. The van der Waals surface area contributed by atoms with Crippen molar-refractivity contribution in [1.82, 2.24) is 4.98 Å². The maximum Gasteiger partial charge on any atom is 0.213 e. The van der Waals surface area contributed by atoms with E-state index in [-0.39, 0.29) is 0 Å². The molecule has 1 heterocycles. The lowest BCUT2D eigenvalue weighted by Crippen LogP contribution is -1.95. The van der Waals surface area contributed by atoms with Gasteiger partial charge < -0.3 is 4.74 Å². The van der Waals surface area contributed by atoms with Gasteiger partial charge in [0.25, 0.3) is 0 Å². The Labute approximate surface area is 67.2 Å². The largest absolute Gasteiger partial charge is 0.478 e. The molecule has 0 radical (unpaired) electrons. The van der Waals surface area contributed by atoms with Crippen molar-refractivity contribution in [3.05, 3.63) is 23.4 Å². The second-order valence-electron chi connectivity index (χ2n) is 2.54. The van der Waals surface area contributed by atoms with Gasteiger partial charge in [0, 0.05) is 12.3 Å². The Morgan fingerprint density at radius 1 is 1.36 bits per heavy atom. The third kappa shape index (κ3) is 1.93. The van der Waals surface area contributed by atoms with Gasteiger partial charge in [0.05, 0.1) is 6.61 Å². The van der Waals surface area contributed by atoms with Crippen LogP contribution in [-0.2, 0) is 0 Å². The molecular weight excluding hydrogens is 138 g/mol. The topological polar surface area (TPSA) is 22.1 Å². The molecule has 0 unspecified atom stereocenters. The van der Waals surface area contributed by atoms with Gasteiger partial charge in [0.1, 0.15) is 0 Å². The van der Waals surface area contributed by atoms with E-state index in [1.165, 1.54) is 11.1 Å². The maximum atomic E-state index is 5.23. The van der Waals surface area contributed by atoms with E-state index < -0.39 is 0 Å². The predicted molar refractivity (Wildman–Crippen MR) is 44.9 cm³/mol. The summed E-state index contributed by atoms with van der Waals surface area (Å²) in [7, 11) is 0. The molecule has 11 heavy (non-hydrogen) atoms. The number of aromatic nitrogens is 1. The average Bonchev–Trinajstić information content (AvgIpc) is 1.98. The van der Waals surface area contributed by atoms with Gasteiger partial charge in [-0.05, 0) is 31.9 Å². The highest BCUT2D eigenvalue weighted by atomic mass is 16.5. The normalized spacial score (nSPS) is 9.73. The molecular formula is C9H13NO. The van der Waals surface area contributed by atoms with E-state index >= 15 is 0 Å². The molecule has 0 saturated carbocycles. The zero-order valence-corrected chi connectivity index (χ0v) is 7.22. The monoisotopic (exact) mass is 151 g/mol. The quantitative estimate of drug-likeness (QED) is 0.645. The summed E-state index contributed by atoms with van der Waals surface area (Å²) in [5.41, 5.74) is 2.43. The number of rotatable bonds is 2. The summed E-state index contributed by atoms with van der Waals surface area (Å²) < 4.78 is 5.23. The van der Waals surface area contributed by atoms with Crippen LogP contribution in [0.5, 0.6) is 5.88 Å². The Morgan fingerprint density at radius 3 is 2.64 bits per heavy atom. The Bertz CT molecular complexity index is 245. The van der Waals surface area contributed by atoms with Crippen LogP contribution in [0, 0.1) is 13.8 Å². The highest BCUT2D eigenvalue weighted by molar-refractivity contribution is 5.26. The minimum atomic E-state index is 0.676. The van der Waals surface area contributed by atoms with Crippen LogP contribution in [0.25, 0.3) is 0 Å². The standard InChI is InChI=1S/C9H13NO/c1-4-11-9-5-7(2)8(3)6-10-9/h5-6H,4H2,1-3H3. The van der Waals surface area contributed by atoms with Gasteiger partial charge in [-0.1, -0.05) is 0 Å². The fourth-order valence-electron chi connectivity index (χ4n) is 0.825. The highest BCUT2D eigenvalue weighted by Gasteiger charge is 1.96. The first-order valence-electron chi connectivity index (χ1n) is 3.80. The number of nitrogens with zero attached hydrogens (tertiary/aromatic N) is 1. The predicted octanol–water partition coefficient (Wildman–Crippen LogP) is 2.10. The Morgan fingerprint density at radius 2 is 2.09 bits per heavy atom. The number of ether oxygens (including phenoxy) is 1. The van der Waals surface area contributed by atoms with Crippen LogP contribution in [0.1, 0.15) is 18.1 Å². The molecule has 2 nitrogen and oxygen atoms in total. The summed E-state index contributed by atoms with van der Waals surface area (Å²) in [6.45, 7) is 6.73. The molecule has 0 N–H and O–H groups in total. The molecule has 1 aromatic heterocycles. The molecule has 0 saturated heterocycles. The van der Waals surface area contributed by atoms with Crippen molar-refractivity contribution in [3.63, 3.8) is 0 Å². The molecule has 0 aliphatic rings. The van der Waals surface area contributed by atoms with Crippen molar-refractivity contribution in [2.45, 2.75) is 20.8 Å². The lowest BCUT2D eigenvalue weighted by molar-refractivity contribution is 0.326. The van der Waals surface area contributed by atoms with E-state index in [0.717, 1.165) is 5.88 Å². The van der Waals surface area contributed by atoms with E-state index in [9.17, 15) is 0 Å². The molecule has 60 valence electrons. The Hall–Kier alpha value is -1.05. The van der Waals surface area contributed by atoms with Crippen molar-refractivity contribution in [2.75, 3.05) is 6.61 Å². The molecule has 1 rings (SSSR count). The van der Waals surface area contributed by atoms with Crippen LogP contribution < -0.4 is 4.74 Å². The van der Waals surface area contributed by atoms with Crippen LogP contribution in [-0.4, -0.2) is 11.6 Å². The molecule has 1 aromatic rings. The van der Waals surface area contributed by atoms with E-state index in [4.69, 9.17) is 4.74 Å². The smallest absolute Gasteiger partial charge is 0.213 e. The summed E-state index contributed by atoms with van der Waals surface area (Å²) in [5.74, 6) is 0.718. The lowest BCUT2D eigenvalue weighted by Gasteiger charge is -2.03. The Balaban J connectivity index is 2.86. The summed E-state index contributed by atoms with van der Waals surface area (Å²) in [6.07, 6.45) is 1.83. The second kappa shape index (κ2) is 3.37. The van der Waals surface area contributed by atoms with Crippen LogP contribution in [0.3, 0.4) is 0 Å². The SMILES string of the molecule is CCOc1cc(C)c(C)cn1. The van der Waals surface area contributed by atoms with Crippen molar-refractivity contribution in [2.24, 2.45) is 0 Å². The van der Waals surface area contributed by atoms with Crippen LogP contribution in [0.15, 0.2) is 12.3 Å². The van der Waals surface area contributed by atoms with Gasteiger partial charge in [-0.15, -0.1) is 0 Å². The molecule has 0 spiro atoms. The molecule has 0 aliphatic heterocycles. The van der Waals surface area contributed by atoms with E-state index in [2.05, 4.69) is 11.9 Å². The molecule has 0 fully saturated rings. The maximum absolute atomic E-state index is 5.23. The van der Waals surface area contributed by atoms with Crippen LogP contribution in [0.4, 0.5) is 0 Å². The molecule has 0 bridgehead atoms. The number of hydrogen-bond acceptors (Lipinski definition) is 2. The fourth-order valence-corrected chi connectivity index (χ4v) is 0.825. The van der Waals surface area contributed by atoms with Crippen LogP contribution >= 0.6 is 0 Å². The van der Waals surface area contributed by atoms with Gasteiger partial charge in [-0.25, -0.2) is 4.98 Å². The van der Waals surface area contributed by atoms with Gasteiger partial charge in [-0.3, -0.25) is 0 Å². The molecule has 2 heteroatoms. The molecule has 0 amide bonds. The van der Waals surface area contributed by atoms with Crippen molar-refractivity contribution >= 4 is 0 Å². The van der Waals surface area contributed by atoms with Gasteiger partial charge in [-0.2, -0.15) is 0 Å². The zero-order chi connectivity index (χ0) is 8.27. The lowest BCUT2D eigenvalue weighted by atomic mass is 10.2. The molecule has 0 aromatic carbocycles. The van der Waals surface area contributed by atoms with Gasteiger partial charge >= 0.3 is 0 Å². The third-order valence-electron chi connectivity index (χ3n) is 1.64. The minimum absolute atomic E-state index is 0.676. The van der Waals surface area contributed by atoms with E-state index in [1.54, 1.807) is 0 Å². The highest BCUT2D eigenvalue weighted by Crippen LogP contribution is 2.11. The summed E-state index contributed by atoms with van der Waals surface area (Å²) in [4.78, 5) is 4.11. The number of pyridine rings is 1. The van der Waals surface area contributed by atoms with E-state index in [0.29, 0.717) is 6.61 Å². The van der Waals surface area contributed by atoms with Crippen LogP contribution in [0.2, 0.25) is 0 Å². The minimum Gasteiger partial charge on any atom is -0.478 e. The van der Waals surface area contributed by atoms with Crippen molar-refractivity contribution in [1.29, 1.82) is 0 Å². The van der Waals surface area contributed by atoms with E-state index in [1.807, 2.05) is 26.1 Å². The van der Waals surface area contributed by atoms with Gasteiger partial charge in [0.15, 0.2) is 0 Å². The summed E-state index contributed by atoms with van der Waals surface area (Å²) >= 11 is 0. The average molecular weight is 151 g/mol. The summed E-state index contributed by atoms with van der Waals surface area (Å²) in [6, 6.07) is 1.96. The Kier molecular flexibility index (Phi) is 2.47. The third-order valence-corrected chi connectivity index (χ3v) is 1.64. The van der Waals surface area contributed by atoms with Crippen molar-refractivity contribution < 1.29 is 4.74 Å². The molecule has 0 atom stereocenters. The number of hydrogen-bond donors (Lipinski definition) is 0. The first-order chi connectivity index (χ1) is 5.24. The van der Waals surface area contributed by atoms with Gasteiger partial charge in [0.2, 0.25) is 5.88 Å². The zero-order valence-electron chi connectivity index (χ0n) is 7.22. The summed E-state index contributed by atoms with van der Waals surface area (Å²) in [5, 5.41) is 0. The number of aryl methyl sites for hydroxylation is 2. The van der Waals surface area contributed by atoms with Crippen molar-refractivity contribution in [3.8, 4) is 5.88 Å². The molecule has 0 aliphatic carbocycles. The fraction of sp³-hybridized carbons (Fsp3) is 0.444.